The molecule has 2 N–H and O–H groups in total. The lowest BCUT2D eigenvalue weighted by Crippen LogP contribution is -2.38. The van der Waals surface area contributed by atoms with Crippen molar-refractivity contribution in [3.05, 3.63) is 77.9 Å². The zero-order valence-corrected chi connectivity index (χ0v) is 22.5. The number of ether oxygens (including phenoxy) is 3. The van der Waals surface area contributed by atoms with Crippen LogP contribution in [0.1, 0.15) is 15.9 Å². The molecule has 38 heavy (non-hydrogen) atoms. The van der Waals surface area contributed by atoms with E-state index in [4.69, 9.17) is 14.2 Å². The first-order valence-corrected chi connectivity index (χ1v) is 13.1. The maximum atomic E-state index is 13.8. The van der Waals surface area contributed by atoms with E-state index in [1.165, 1.54) is 39.5 Å². The third kappa shape index (κ3) is 6.81. The minimum absolute atomic E-state index is 0.00121. The second kappa shape index (κ2) is 12.9. The topological polar surface area (TPSA) is 123 Å². The largest absolute Gasteiger partial charge is 0.497 e. The Morgan fingerprint density at radius 3 is 2.29 bits per heavy atom. The molecule has 0 unspecified atom stereocenters. The molecule has 2 amide bonds. The molecule has 0 spiro atoms. The van der Waals surface area contributed by atoms with Gasteiger partial charge in [-0.25, -0.2) is 8.42 Å². The summed E-state index contributed by atoms with van der Waals surface area (Å²) in [6, 6.07) is 17.4. The first-order chi connectivity index (χ1) is 18.2. The average Bonchev–Trinajstić information content (AvgIpc) is 2.92. The van der Waals surface area contributed by atoms with Crippen molar-refractivity contribution in [2.24, 2.45) is 0 Å². The van der Waals surface area contributed by atoms with Crippen molar-refractivity contribution in [3.8, 4) is 11.5 Å². The van der Waals surface area contributed by atoms with E-state index in [-0.39, 0.29) is 34.1 Å². The number of carbonyl (C=O) groups is 2. The summed E-state index contributed by atoms with van der Waals surface area (Å²) < 4.78 is 44.2. The molecular weight excluding hydrogens is 510 g/mol. The first kappa shape index (κ1) is 28.5. The van der Waals surface area contributed by atoms with Crippen molar-refractivity contribution >= 4 is 33.2 Å². The molecule has 3 aromatic rings. The van der Waals surface area contributed by atoms with Crippen LogP contribution < -0.4 is 24.4 Å². The van der Waals surface area contributed by atoms with Gasteiger partial charge in [-0.3, -0.25) is 13.9 Å². The number of anilines is 2. The van der Waals surface area contributed by atoms with E-state index in [0.717, 1.165) is 9.87 Å². The number of rotatable bonds is 12. The summed E-state index contributed by atoms with van der Waals surface area (Å²) in [5, 5.41) is 5.38. The van der Waals surface area contributed by atoms with Gasteiger partial charge in [0.25, 0.3) is 15.9 Å². The predicted octanol–water partition coefficient (Wildman–Crippen LogP) is 3.22. The van der Waals surface area contributed by atoms with Gasteiger partial charge < -0.3 is 24.8 Å². The van der Waals surface area contributed by atoms with Crippen LogP contribution in [-0.2, 0) is 19.6 Å². The molecule has 10 nitrogen and oxygen atoms in total. The number of benzene rings is 3. The molecule has 0 fully saturated rings. The van der Waals surface area contributed by atoms with E-state index >= 15 is 0 Å². The lowest BCUT2D eigenvalue weighted by atomic mass is 10.1. The highest BCUT2D eigenvalue weighted by atomic mass is 32.2. The molecule has 0 aliphatic heterocycles. The summed E-state index contributed by atoms with van der Waals surface area (Å²) in [4.78, 5) is 25.9. The molecule has 0 heterocycles. The van der Waals surface area contributed by atoms with Crippen LogP contribution in [0.4, 0.5) is 11.4 Å². The van der Waals surface area contributed by atoms with Crippen molar-refractivity contribution in [3.63, 3.8) is 0 Å². The fraction of sp³-hybridized carbons (Fsp3) is 0.259. The van der Waals surface area contributed by atoms with Crippen LogP contribution in [0.5, 0.6) is 11.5 Å². The van der Waals surface area contributed by atoms with E-state index in [9.17, 15) is 18.0 Å². The number of carbonyl (C=O) groups excluding carboxylic acids is 2. The van der Waals surface area contributed by atoms with Crippen LogP contribution in [-0.4, -0.2) is 61.3 Å². The summed E-state index contributed by atoms with van der Waals surface area (Å²) in [5.41, 5.74) is 1.46. The smallest absolute Gasteiger partial charge is 0.264 e. The van der Waals surface area contributed by atoms with E-state index in [1.54, 1.807) is 48.5 Å². The van der Waals surface area contributed by atoms with Crippen LogP contribution in [0.2, 0.25) is 0 Å². The van der Waals surface area contributed by atoms with Gasteiger partial charge in [-0.1, -0.05) is 29.8 Å². The highest BCUT2D eigenvalue weighted by Crippen LogP contribution is 2.35. The number of sulfonamides is 1. The van der Waals surface area contributed by atoms with Crippen molar-refractivity contribution in [2.45, 2.75) is 11.8 Å². The third-order valence-electron chi connectivity index (χ3n) is 5.59. The van der Waals surface area contributed by atoms with Crippen molar-refractivity contribution in [1.29, 1.82) is 0 Å². The van der Waals surface area contributed by atoms with Gasteiger partial charge in [0.2, 0.25) is 5.91 Å². The van der Waals surface area contributed by atoms with Crippen molar-refractivity contribution < 1.29 is 32.2 Å². The Labute approximate surface area is 222 Å². The van der Waals surface area contributed by atoms with Crippen LogP contribution in [0.15, 0.2) is 71.6 Å². The Morgan fingerprint density at radius 1 is 0.921 bits per heavy atom. The van der Waals surface area contributed by atoms with E-state index < -0.39 is 28.4 Å². The van der Waals surface area contributed by atoms with Gasteiger partial charge in [0.05, 0.1) is 42.7 Å². The van der Waals surface area contributed by atoms with Gasteiger partial charge in [-0.15, -0.1) is 0 Å². The molecule has 0 saturated carbocycles. The Morgan fingerprint density at radius 2 is 1.63 bits per heavy atom. The Hall–Kier alpha value is -4.09. The standard InChI is InChI=1S/C27H31N3O7S/c1-19-9-12-21(13-10-19)38(33,34)30(24-17-20(36-3)11-14-25(24)37-4)18-26(31)29-23-8-6-5-7-22(23)27(32)28-15-16-35-2/h5-14,17H,15-16,18H2,1-4H3,(H,28,32)(H,29,31). The van der Waals surface area contributed by atoms with Crippen LogP contribution in [0.25, 0.3) is 0 Å². The highest BCUT2D eigenvalue weighted by Gasteiger charge is 2.30. The molecule has 11 heteroatoms. The molecular formula is C27H31N3O7S. The zero-order chi connectivity index (χ0) is 27.7. The minimum Gasteiger partial charge on any atom is -0.497 e. The Balaban J connectivity index is 1.98. The summed E-state index contributed by atoms with van der Waals surface area (Å²) in [7, 11) is 0.162. The Bertz CT molecular complexity index is 1380. The fourth-order valence-electron chi connectivity index (χ4n) is 3.60. The van der Waals surface area contributed by atoms with Crippen LogP contribution in [0.3, 0.4) is 0 Å². The van der Waals surface area contributed by atoms with Gasteiger partial charge in [-0.2, -0.15) is 0 Å². The molecule has 3 rings (SSSR count). The van der Waals surface area contributed by atoms with Crippen LogP contribution >= 0.6 is 0 Å². The van der Waals surface area contributed by atoms with Gasteiger partial charge >= 0.3 is 0 Å². The number of hydrogen-bond donors (Lipinski definition) is 2. The second-order valence-electron chi connectivity index (χ2n) is 8.20. The fourth-order valence-corrected chi connectivity index (χ4v) is 5.02. The Kier molecular flexibility index (Phi) is 9.69. The summed E-state index contributed by atoms with van der Waals surface area (Å²) >= 11 is 0. The van der Waals surface area contributed by atoms with Crippen LogP contribution in [0, 0.1) is 6.92 Å². The van der Waals surface area contributed by atoms with Gasteiger partial charge in [0.1, 0.15) is 18.0 Å². The molecule has 0 bridgehead atoms. The van der Waals surface area contributed by atoms with E-state index in [2.05, 4.69) is 10.6 Å². The van der Waals surface area contributed by atoms with Crippen molar-refractivity contribution in [2.75, 3.05) is 50.6 Å². The van der Waals surface area contributed by atoms with E-state index in [0.29, 0.717) is 12.4 Å². The van der Waals surface area contributed by atoms with E-state index in [1.807, 2.05) is 6.92 Å². The quantitative estimate of drug-likeness (QED) is 0.338. The third-order valence-corrected chi connectivity index (χ3v) is 7.36. The molecule has 0 aliphatic rings. The lowest BCUT2D eigenvalue weighted by molar-refractivity contribution is -0.114. The number of nitrogens with one attached hydrogen (secondary N) is 2. The normalized spacial score (nSPS) is 10.9. The number of nitrogens with zero attached hydrogens (tertiary/aromatic N) is 1. The second-order valence-corrected chi connectivity index (χ2v) is 10.1. The molecule has 0 radical (unpaired) electrons. The number of methoxy groups -OCH3 is 3. The average molecular weight is 542 g/mol. The monoisotopic (exact) mass is 541 g/mol. The van der Waals surface area contributed by atoms with Gasteiger partial charge in [-0.05, 0) is 43.3 Å². The molecule has 0 aromatic heterocycles. The molecule has 0 aliphatic carbocycles. The molecule has 0 atom stereocenters. The van der Waals surface area contributed by atoms with Gasteiger partial charge in [0, 0.05) is 19.7 Å². The first-order valence-electron chi connectivity index (χ1n) is 11.7. The number of hydrogen-bond acceptors (Lipinski definition) is 7. The lowest BCUT2D eigenvalue weighted by Gasteiger charge is -2.26. The molecule has 3 aromatic carbocycles. The predicted molar refractivity (Wildman–Crippen MR) is 145 cm³/mol. The number of aryl methyl sites for hydroxylation is 1. The molecule has 0 saturated heterocycles. The molecule has 202 valence electrons. The summed E-state index contributed by atoms with van der Waals surface area (Å²) in [5.74, 6) is -0.463. The number of para-hydroxylation sites is 1. The summed E-state index contributed by atoms with van der Waals surface area (Å²) in [6.45, 7) is 1.86. The highest BCUT2D eigenvalue weighted by molar-refractivity contribution is 7.92. The minimum atomic E-state index is -4.21. The summed E-state index contributed by atoms with van der Waals surface area (Å²) in [6.07, 6.45) is 0. The maximum absolute atomic E-state index is 13.8. The zero-order valence-electron chi connectivity index (χ0n) is 21.7. The van der Waals surface area contributed by atoms with Gasteiger partial charge in [0.15, 0.2) is 0 Å². The van der Waals surface area contributed by atoms with Crippen molar-refractivity contribution in [1.82, 2.24) is 5.32 Å². The SMILES string of the molecule is COCCNC(=O)c1ccccc1NC(=O)CN(c1cc(OC)ccc1OC)S(=O)(=O)c1ccc(C)cc1. The number of amides is 2. The maximum Gasteiger partial charge on any atom is 0.264 e.